The van der Waals surface area contributed by atoms with E-state index in [0.717, 1.165) is 0 Å². The van der Waals surface area contributed by atoms with E-state index in [2.05, 4.69) is 9.68 Å². The van der Waals surface area contributed by atoms with Gasteiger partial charge in [-0.2, -0.15) is 0 Å². The fourth-order valence-corrected chi connectivity index (χ4v) is 1.19. The van der Waals surface area contributed by atoms with Gasteiger partial charge in [0, 0.05) is 17.7 Å². The number of aromatic nitrogens is 1. The van der Waals surface area contributed by atoms with Crippen LogP contribution in [0, 0.1) is 5.82 Å². The van der Waals surface area contributed by atoms with E-state index in [4.69, 9.17) is 4.74 Å². The summed E-state index contributed by atoms with van der Waals surface area (Å²) in [5.41, 5.74) is 1.22. The molecule has 0 amide bonds. The van der Waals surface area contributed by atoms with Crippen molar-refractivity contribution in [3.63, 3.8) is 0 Å². The molecule has 0 fully saturated rings. The number of rotatable bonds is 2. The highest BCUT2D eigenvalue weighted by Gasteiger charge is 2.05. The molecule has 1 aromatic heterocycles. The molecule has 0 aliphatic heterocycles. The summed E-state index contributed by atoms with van der Waals surface area (Å²) >= 11 is 0. The Morgan fingerprint density at radius 2 is 2.21 bits per heavy atom. The standard InChI is InChI=1S/C10H8FNO2/c1-13-9-5-7(4-8(11)6-9)10-2-3-14-12-10/h2-6H,1H3. The number of halogens is 1. The fraction of sp³-hybridized carbons (Fsp3) is 0.100. The van der Waals surface area contributed by atoms with Crippen molar-refractivity contribution in [2.75, 3.05) is 7.11 Å². The molecule has 4 heteroatoms. The molecule has 2 aromatic rings. The highest BCUT2D eigenvalue weighted by Crippen LogP contribution is 2.23. The van der Waals surface area contributed by atoms with Crippen molar-refractivity contribution in [3.05, 3.63) is 36.3 Å². The molecule has 0 aliphatic carbocycles. The van der Waals surface area contributed by atoms with E-state index in [0.29, 0.717) is 17.0 Å². The van der Waals surface area contributed by atoms with Crippen LogP contribution in [0.3, 0.4) is 0 Å². The van der Waals surface area contributed by atoms with Crippen molar-refractivity contribution in [1.82, 2.24) is 5.16 Å². The monoisotopic (exact) mass is 193 g/mol. The van der Waals surface area contributed by atoms with Crippen LogP contribution in [-0.4, -0.2) is 12.3 Å². The zero-order valence-corrected chi connectivity index (χ0v) is 7.53. The van der Waals surface area contributed by atoms with Crippen molar-refractivity contribution < 1.29 is 13.7 Å². The van der Waals surface area contributed by atoms with Crippen molar-refractivity contribution in [2.45, 2.75) is 0 Å². The highest BCUT2D eigenvalue weighted by atomic mass is 19.1. The van der Waals surface area contributed by atoms with Crippen molar-refractivity contribution in [1.29, 1.82) is 0 Å². The van der Waals surface area contributed by atoms with Crippen LogP contribution in [0.2, 0.25) is 0 Å². The van der Waals surface area contributed by atoms with E-state index >= 15 is 0 Å². The minimum Gasteiger partial charge on any atom is -0.497 e. The predicted octanol–water partition coefficient (Wildman–Crippen LogP) is 2.49. The maximum atomic E-state index is 13.1. The van der Waals surface area contributed by atoms with Gasteiger partial charge in [-0.15, -0.1) is 0 Å². The lowest BCUT2D eigenvalue weighted by Crippen LogP contribution is -1.86. The van der Waals surface area contributed by atoms with Gasteiger partial charge in [-0.1, -0.05) is 5.16 Å². The van der Waals surface area contributed by atoms with Crippen molar-refractivity contribution >= 4 is 0 Å². The molecular formula is C10H8FNO2. The first kappa shape index (κ1) is 8.74. The second kappa shape index (κ2) is 3.49. The summed E-state index contributed by atoms with van der Waals surface area (Å²) in [6.07, 6.45) is 1.44. The van der Waals surface area contributed by atoms with Gasteiger partial charge in [-0.05, 0) is 12.1 Å². The van der Waals surface area contributed by atoms with Gasteiger partial charge in [0.1, 0.15) is 23.5 Å². The van der Waals surface area contributed by atoms with E-state index in [1.807, 2.05) is 0 Å². The molecule has 0 spiro atoms. The van der Waals surface area contributed by atoms with Gasteiger partial charge in [0.15, 0.2) is 0 Å². The molecule has 3 nitrogen and oxygen atoms in total. The van der Waals surface area contributed by atoms with Crippen LogP contribution >= 0.6 is 0 Å². The van der Waals surface area contributed by atoms with Gasteiger partial charge in [0.25, 0.3) is 0 Å². The Morgan fingerprint density at radius 1 is 1.36 bits per heavy atom. The fourth-order valence-electron chi connectivity index (χ4n) is 1.19. The minimum absolute atomic E-state index is 0.359. The van der Waals surface area contributed by atoms with Gasteiger partial charge in [0.2, 0.25) is 0 Å². The molecule has 0 N–H and O–H groups in total. The second-order valence-electron chi connectivity index (χ2n) is 2.76. The second-order valence-corrected chi connectivity index (χ2v) is 2.76. The quantitative estimate of drug-likeness (QED) is 0.734. The van der Waals surface area contributed by atoms with E-state index in [-0.39, 0.29) is 5.82 Å². The first-order valence-electron chi connectivity index (χ1n) is 4.05. The zero-order chi connectivity index (χ0) is 9.97. The van der Waals surface area contributed by atoms with Crippen LogP contribution in [0.15, 0.2) is 35.1 Å². The molecule has 0 saturated carbocycles. The molecule has 1 aromatic carbocycles. The molecule has 14 heavy (non-hydrogen) atoms. The Bertz CT molecular complexity index is 426. The first-order chi connectivity index (χ1) is 6.79. The zero-order valence-electron chi connectivity index (χ0n) is 7.53. The van der Waals surface area contributed by atoms with Crippen LogP contribution in [0.1, 0.15) is 0 Å². The number of hydrogen-bond donors (Lipinski definition) is 0. The Labute approximate surface area is 80.1 Å². The lowest BCUT2D eigenvalue weighted by atomic mass is 10.1. The van der Waals surface area contributed by atoms with Crippen LogP contribution in [0.5, 0.6) is 5.75 Å². The predicted molar refractivity (Wildman–Crippen MR) is 48.4 cm³/mol. The van der Waals surface area contributed by atoms with E-state index in [1.54, 1.807) is 12.1 Å². The number of ether oxygens (including phenoxy) is 1. The average Bonchev–Trinajstić information content (AvgIpc) is 2.69. The molecule has 0 saturated heterocycles. The maximum absolute atomic E-state index is 13.1. The number of methoxy groups -OCH3 is 1. The lowest BCUT2D eigenvalue weighted by molar-refractivity contribution is 0.411. The van der Waals surface area contributed by atoms with Gasteiger partial charge in [0.05, 0.1) is 7.11 Å². The highest BCUT2D eigenvalue weighted by molar-refractivity contribution is 5.60. The summed E-state index contributed by atoms with van der Waals surface area (Å²) in [7, 11) is 1.49. The number of hydrogen-bond acceptors (Lipinski definition) is 3. The molecule has 2 rings (SSSR count). The number of benzene rings is 1. The van der Waals surface area contributed by atoms with Crippen LogP contribution in [0.4, 0.5) is 4.39 Å². The van der Waals surface area contributed by atoms with Crippen LogP contribution in [-0.2, 0) is 0 Å². The van der Waals surface area contributed by atoms with Gasteiger partial charge >= 0.3 is 0 Å². The SMILES string of the molecule is COc1cc(F)cc(-c2ccon2)c1. The smallest absolute Gasteiger partial charge is 0.127 e. The van der Waals surface area contributed by atoms with E-state index in [1.165, 1.54) is 25.5 Å². The topological polar surface area (TPSA) is 35.3 Å². The summed E-state index contributed by atoms with van der Waals surface area (Å²) in [6.45, 7) is 0. The summed E-state index contributed by atoms with van der Waals surface area (Å²) < 4.78 is 22.7. The normalized spacial score (nSPS) is 10.1. The van der Waals surface area contributed by atoms with Crippen molar-refractivity contribution in [2.24, 2.45) is 0 Å². The number of nitrogens with zero attached hydrogens (tertiary/aromatic N) is 1. The van der Waals surface area contributed by atoms with E-state index in [9.17, 15) is 4.39 Å². The Morgan fingerprint density at radius 3 is 2.86 bits per heavy atom. The third-order valence-electron chi connectivity index (χ3n) is 1.84. The maximum Gasteiger partial charge on any atom is 0.127 e. The van der Waals surface area contributed by atoms with Crippen molar-refractivity contribution in [3.8, 4) is 17.0 Å². The molecule has 0 radical (unpaired) electrons. The van der Waals surface area contributed by atoms with Crippen LogP contribution in [0.25, 0.3) is 11.3 Å². The minimum atomic E-state index is -0.359. The first-order valence-corrected chi connectivity index (χ1v) is 4.05. The molecular weight excluding hydrogens is 185 g/mol. The third-order valence-corrected chi connectivity index (χ3v) is 1.84. The van der Waals surface area contributed by atoms with Gasteiger partial charge in [-0.25, -0.2) is 4.39 Å². The molecule has 0 aliphatic rings. The summed E-state index contributed by atoms with van der Waals surface area (Å²) in [4.78, 5) is 0. The molecule has 72 valence electrons. The molecule has 0 unspecified atom stereocenters. The van der Waals surface area contributed by atoms with Crippen LogP contribution < -0.4 is 4.74 Å². The Balaban J connectivity index is 2.48. The summed E-state index contributed by atoms with van der Waals surface area (Å²) in [5, 5.41) is 3.71. The average molecular weight is 193 g/mol. The lowest BCUT2D eigenvalue weighted by Gasteiger charge is -2.01. The molecule has 1 heterocycles. The largest absolute Gasteiger partial charge is 0.497 e. The third kappa shape index (κ3) is 1.59. The summed E-state index contributed by atoms with van der Waals surface area (Å²) in [5.74, 6) is 0.102. The van der Waals surface area contributed by atoms with E-state index < -0.39 is 0 Å². The summed E-state index contributed by atoms with van der Waals surface area (Å²) in [6, 6.07) is 6.04. The van der Waals surface area contributed by atoms with Gasteiger partial charge < -0.3 is 9.26 Å². The van der Waals surface area contributed by atoms with Gasteiger partial charge in [-0.3, -0.25) is 0 Å². The Kier molecular flexibility index (Phi) is 2.18. The molecule has 0 atom stereocenters. The Hall–Kier alpha value is -1.84. The molecule has 0 bridgehead atoms.